The van der Waals surface area contributed by atoms with Crippen molar-refractivity contribution in [3.8, 4) is 0 Å². The SMILES string of the molecule is CC(C)(C)NC(=O)N[C@H]1CCCCC/C=C/C2C[C@]2(C(=O)NS(=O)(=O)C2CC2)NC(=O)[C@@H]2CN(C(=O)OCc3cccc4ccccc34)CCN2C1=O. The van der Waals surface area contributed by atoms with E-state index in [0.717, 1.165) is 29.2 Å². The van der Waals surface area contributed by atoms with Gasteiger partial charge in [-0.3, -0.25) is 19.1 Å². The average Bonchev–Trinajstić information content (AvgIpc) is 4.04. The van der Waals surface area contributed by atoms with Crippen LogP contribution in [0.5, 0.6) is 0 Å². The quantitative estimate of drug-likeness (QED) is 0.324. The Labute approximate surface area is 310 Å². The normalized spacial score (nSPS) is 26.1. The summed E-state index contributed by atoms with van der Waals surface area (Å²) in [5.41, 5.74) is -1.31. The van der Waals surface area contributed by atoms with E-state index >= 15 is 0 Å². The van der Waals surface area contributed by atoms with Gasteiger partial charge in [-0.1, -0.05) is 67.5 Å². The highest BCUT2D eigenvalue weighted by molar-refractivity contribution is 7.91. The second-order valence-corrected chi connectivity index (χ2v) is 17.6. The Hall–Kier alpha value is -4.66. The number of carbonyl (C=O) groups excluding carboxylic acids is 5. The molecule has 53 heavy (non-hydrogen) atoms. The van der Waals surface area contributed by atoms with Crippen LogP contribution >= 0.6 is 0 Å². The number of hydrogen-bond donors (Lipinski definition) is 4. The zero-order valence-corrected chi connectivity index (χ0v) is 31.4. The van der Waals surface area contributed by atoms with Crippen LogP contribution in [-0.4, -0.2) is 96.1 Å². The van der Waals surface area contributed by atoms with Gasteiger partial charge in [-0.15, -0.1) is 0 Å². The van der Waals surface area contributed by atoms with Crippen molar-refractivity contribution in [3.63, 3.8) is 0 Å². The number of piperazine rings is 1. The molecule has 0 aromatic heterocycles. The number of hydrogen-bond acceptors (Lipinski definition) is 8. The fraction of sp³-hybridized carbons (Fsp3) is 0.553. The maximum Gasteiger partial charge on any atom is 0.410 e. The summed E-state index contributed by atoms with van der Waals surface area (Å²) >= 11 is 0. The Bertz CT molecular complexity index is 1880. The molecule has 2 saturated carbocycles. The second kappa shape index (κ2) is 15.4. The second-order valence-electron chi connectivity index (χ2n) is 15.6. The first-order valence-electron chi connectivity index (χ1n) is 18.5. The monoisotopic (exact) mass is 750 g/mol. The molecule has 0 radical (unpaired) electrons. The largest absolute Gasteiger partial charge is 0.445 e. The molecule has 0 bridgehead atoms. The molecule has 2 aromatic rings. The molecule has 4 N–H and O–H groups in total. The number of sulfonamides is 1. The zero-order chi connectivity index (χ0) is 38.0. The molecule has 2 aliphatic heterocycles. The number of benzene rings is 2. The summed E-state index contributed by atoms with van der Waals surface area (Å²) in [5.74, 6) is -2.49. The fourth-order valence-corrected chi connectivity index (χ4v) is 8.46. The summed E-state index contributed by atoms with van der Waals surface area (Å²) in [6, 6.07) is 10.7. The lowest BCUT2D eigenvalue weighted by Gasteiger charge is -2.42. The molecule has 2 heterocycles. The molecule has 3 fully saturated rings. The van der Waals surface area contributed by atoms with Crippen molar-refractivity contribution in [2.75, 3.05) is 19.6 Å². The predicted octanol–water partition coefficient (Wildman–Crippen LogP) is 3.46. The van der Waals surface area contributed by atoms with Crippen LogP contribution in [0.1, 0.15) is 77.7 Å². The number of allylic oxidation sites excluding steroid dienone is 1. The molecule has 4 atom stereocenters. The number of urea groups is 1. The minimum Gasteiger partial charge on any atom is -0.445 e. The van der Waals surface area contributed by atoms with E-state index in [0.29, 0.717) is 32.1 Å². The van der Waals surface area contributed by atoms with Crippen molar-refractivity contribution in [3.05, 3.63) is 60.2 Å². The number of nitrogens with zero attached hydrogens (tertiary/aromatic N) is 2. The van der Waals surface area contributed by atoms with Crippen LogP contribution in [0, 0.1) is 5.92 Å². The molecule has 2 aromatic carbocycles. The van der Waals surface area contributed by atoms with E-state index in [2.05, 4.69) is 20.7 Å². The maximum atomic E-state index is 14.4. The van der Waals surface area contributed by atoms with Crippen LogP contribution in [-0.2, 0) is 35.8 Å². The van der Waals surface area contributed by atoms with Gasteiger partial charge in [0.2, 0.25) is 21.8 Å². The van der Waals surface area contributed by atoms with Crippen molar-refractivity contribution < 1.29 is 37.1 Å². The lowest BCUT2D eigenvalue weighted by atomic mass is 10.0. The lowest BCUT2D eigenvalue weighted by molar-refractivity contribution is -0.146. The standard InChI is InChI=1S/C38H50N6O8S/c1-37(2,3)41-35(48)39-30-17-8-6-4-5-7-15-27-22-38(27,34(47)42-53(50,51)28-18-19-28)40-32(45)31-23-43(20-21-44(31)33(30)46)36(49)52-24-26-14-11-13-25-12-9-10-16-29(25)26/h7,9-16,27-28,30-31H,4-6,8,17-24H2,1-3H3,(H,40,45)(H,42,47)(H2,39,41,48)/b15-7+/t27?,30-,31-,38-/m0/s1. The molecule has 4 aliphatic rings. The highest BCUT2D eigenvalue weighted by Gasteiger charge is 2.62. The summed E-state index contributed by atoms with van der Waals surface area (Å²) < 4.78 is 33.6. The third-order valence-electron chi connectivity index (χ3n) is 10.2. The number of ether oxygens (including phenoxy) is 1. The van der Waals surface area contributed by atoms with Crippen molar-refractivity contribution in [1.29, 1.82) is 0 Å². The molecule has 1 saturated heterocycles. The van der Waals surface area contributed by atoms with Crippen LogP contribution in [0.25, 0.3) is 10.8 Å². The Balaban J connectivity index is 1.26. The lowest BCUT2D eigenvalue weighted by Crippen LogP contribution is -2.66. The van der Waals surface area contributed by atoms with Crippen LogP contribution in [0.2, 0.25) is 0 Å². The molecule has 6 amide bonds. The van der Waals surface area contributed by atoms with Crippen LogP contribution in [0.15, 0.2) is 54.6 Å². The first-order chi connectivity index (χ1) is 25.2. The Kier molecular flexibility index (Phi) is 11.0. The minimum atomic E-state index is -3.91. The van der Waals surface area contributed by atoms with Crippen molar-refractivity contribution in [2.24, 2.45) is 5.92 Å². The summed E-state index contributed by atoms with van der Waals surface area (Å²) in [5, 5.41) is 9.76. The zero-order valence-electron chi connectivity index (χ0n) is 30.6. The van der Waals surface area contributed by atoms with Crippen molar-refractivity contribution >= 4 is 50.6 Å². The number of rotatable bonds is 6. The number of carbonyl (C=O) groups is 5. The van der Waals surface area contributed by atoms with Crippen LogP contribution in [0.3, 0.4) is 0 Å². The van der Waals surface area contributed by atoms with Gasteiger partial charge >= 0.3 is 12.1 Å². The van der Waals surface area contributed by atoms with Crippen LogP contribution in [0.4, 0.5) is 9.59 Å². The highest BCUT2D eigenvalue weighted by Crippen LogP contribution is 2.46. The van der Waals surface area contributed by atoms with Gasteiger partial charge in [0.15, 0.2) is 0 Å². The van der Waals surface area contributed by atoms with E-state index < -0.39 is 74.2 Å². The van der Waals surface area contributed by atoms with Gasteiger partial charge < -0.3 is 30.5 Å². The Morgan fingerprint density at radius 1 is 0.981 bits per heavy atom. The fourth-order valence-electron chi connectivity index (χ4n) is 7.09. The summed E-state index contributed by atoms with van der Waals surface area (Å²) in [6.07, 6.45) is 7.39. The third kappa shape index (κ3) is 9.11. The molecule has 15 heteroatoms. The topological polar surface area (TPSA) is 183 Å². The molecular weight excluding hydrogens is 701 g/mol. The van der Waals surface area contributed by atoms with E-state index in [4.69, 9.17) is 4.74 Å². The van der Waals surface area contributed by atoms with Gasteiger partial charge in [-0.2, -0.15) is 0 Å². The maximum absolute atomic E-state index is 14.4. The van der Waals surface area contributed by atoms with E-state index in [1.54, 1.807) is 0 Å². The molecule has 0 spiro atoms. The van der Waals surface area contributed by atoms with Gasteiger partial charge in [-0.05, 0) is 75.6 Å². The smallest absolute Gasteiger partial charge is 0.410 e. The van der Waals surface area contributed by atoms with E-state index in [9.17, 15) is 32.4 Å². The summed E-state index contributed by atoms with van der Waals surface area (Å²) in [6.45, 7) is 5.22. The summed E-state index contributed by atoms with van der Waals surface area (Å²) in [4.78, 5) is 71.7. The van der Waals surface area contributed by atoms with Gasteiger partial charge in [0.1, 0.15) is 24.2 Å². The molecule has 1 unspecified atom stereocenters. The number of amides is 6. The Morgan fingerprint density at radius 3 is 2.49 bits per heavy atom. The highest BCUT2D eigenvalue weighted by atomic mass is 32.2. The van der Waals surface area contributed by atoms with E-state index in [-0.39, 0.29) is 32.7 Å². The molecular formula is C38H50N6O8S. The molecule has 286 valence electrons. The predicted molar refractivity (Wildman–Crippen MR) is 198 cm³/mol. The first kappa shape index (κ1) is 38.1. The van der Waals surface area contributed by atoms with E-state index in [1.165, 1.54) is 9.80 Å². The molecule has 2 aliphatic carbocycles. The first-order valence-corrected chi connectivity index (χ1v) is 20.0. The minimum absolute atomic E-state index is 0.0160. The number of fused-ring (bicyclic) bond motifs is 3. The molecule has 6 rings (SSSR count). The van der Waals surface area contributed by atoms with E-state index in [1.807, 2.05) is 75.4 Å². The average molecular weight is 751 g/mol. The summed E-state index contributed by atoms with van der Waals surface area (Å²) in [7, 11) is -3.91. The van der Waals surface area contributed by atoms with Gasteiger partial charge in [0.25, 0.3) is 5.91 Å². The Morgan fingerprint density at radius 2 is 1.74 bits per heavy atom. The van der Waals surface area contributed by atoms with Crippen molar-refractivity contribution in [2.45, 2.75) is 107 Å². The third-order valence-corrected chi connectivity index (χ3v) is 12.1. The van der Waals surface area contributed by atoms with Gasteiger partial charge in [0, 0.05) is 24.5 Å². The van der Waals surface area contributed by atoms with Crippen molar-refractivity contribution in [1.82, 2.24) is 30.5 Å². The van der Waals surface area contributed by atoms with Gasteiger partial charge in [0.05, 0.1) is 11.8 Å². The number of nitrogens with one attached hydrogen (secondary N) is 4. The van der Waals surface area contributed by atoms with Crippen LogP contribution < -0.4 is 20.7 Å². The molecule has 14 nitrogen and oxygen atoms in total. The van der Waals surface area contributed by atoms with Gasteiger partial charge in [-0.25, -0.2) is 18.0 Å².